The van der Waals surface area contributed by atoms with Crippen LogP contribution in [0.4, 0.5) is 0 Å². The van der Waals surface area contributed by atoms with Crippen LogP contribution in [0.1, 0.15) is 0 Å². The van der Waals surface area contributed by atoms with Crippen molar-refractivity contribution in [2.75, 3.05) is 0 Å². The average Bonchev–Trinajstić information content (AvgIpc) is 3.52. The highest BCUT2D eigenvalue weighted by Gasteiger charge is 2.19. The van der Waals surface area contributed by atoms with Crippen LogP contribution in [-0.4, -0.2) is 4.57 Å². The minimum atomic E-state index is 1.16. The van der Waals surface area contributed by atoms with Gasteiger partial charge in [0.25, 0.3) is 0 Å². The highest BCUT2D eigenvalue weighted by molar-refractivity contribution is 6.26. The second kappa shape index (κ2) is 11.1. The molecule has 0 unspecified atom stereocenters. The summed E-state index contributed by atoms with van der Waals surface area (Å²) in [4.78, 5) is 0. The largest absolute Gasteiger partial charge is 0.309 e. The number of fused-ring (bicyclic) bond motifs is 9. The zero-order valence-corrected chi connectivity index (χ0v) is 26.8. The predicted octanol–water partition coefficient (Wildman–Crippen LogP) is 13.2. The molecule has 0 N–H and O–H groups in total. The van der Waals surface area contributed by atoms with E-state index in [0.29, 0.717) is 0 Å². The topological polar surface area (TPSA) is 4.93 Å². The molecule has 228 valence electrons. The molecule has 0 spiro atoms. The number of hydrogen-bond donors (Lipinski definition) is 0. The Morgan fingerprint density at radius 1 is 0.265 bits per heavy atom. The molecule has 0 aliphatic rings. The number of benzene rings is 9. The zero-order chi connectivity index (χ0) is 32.3. The zero-order valence-electron chi connectivity index (χ0n) is 26.8. The highest BCUT2D eigenvalue weighted by Crippen LogP contribution is 2.43. The third-order valence-corrected chi connectivity index (χ3v) is 10.1. The van der Waals surface area contributed by atoms with Crippen molar-refractivity contribution < 1.29 is 0 Å². The number of para-hydroxylation sites is 1. The maximum atomic E-state index is 2.45. The normalized spacial score (nSPS) is 11.7. The van der Waals surface area contributed by atoms with Crippen LogP contribution in [0.3, 0.4) is 0 Å². The standard InChI is InChI=1S/C48H31N/c1-4-14-32(15-5-1)36-30-43(33-16-6-2-7-17-33)48-46(31-36)45-29-35(25-27-47(45)49(48)37-18-8-3-9-19-37)34-24-26-42-40-22-11-10-20-38(40)39-21-12-13-23-41(39)44(42)28-34/h1-31H. The van der Waals surface area contributed by atoms with E-state index in [1.165, 1.54) is 87.5 Å². The summed E-state index contributed by atoms with van der Waals surface area (Å²) in [6.45, 7) is 0. The van der Waals surface area contributed by atoms with Gasteiger partial charge in [0.2, 0.25) is 0 Å². The second-order valence-corrected chi connectivity index (χ2v) is 12.9. The van der Waals surface area contributed by atoms with Crippen LogP contribution in [0, 0.1) is 0 Å². The lowest BCUT2D eigenvalue weighted by atomic mass is 9.91. The Bertz CT molecular complexity index is 2810. The van der Waals surface area contributed by atoms with E-state index in [9.17, 15) is 0 Å². The van der Waals surface area contributed by atoms with Gasteiger partial charge in [0.1, 0.15) is 0 Å². The molecule has 0 aliphatic heterocycles. The molecule has 0 atom stereocenters. The lowest BCUT2D eigenvalue weighted by Crippen LogP contribution is -1.95. The van der Waals surface area contributed by atoms with Gasteiger partial charge in [0.15, 0.2) is 0 Å². The van der Waals surface area contributed by atoms with Gasteiger partial charge in [-0.05, 0) is 103 Å². The van der Waals surface area contributed by atoms with Crippen LogP contribution in [0.5, 0.6) is 0 Å². The molecule has 1 heterocycles. The fourth-order valence-corrected chi connectivity index (χ4v) is 7.89. The average molecular weight is 622 g/mol. The summed E-state index contributed by atoms with van der Waals surface area (Å²) in [6.07, 6.45) is 0. The van der Waals surface area contributed by atoms with Crippen molar-refractivity contribution in [3.8, 4) is 39.1 Å². The van der Waals surface area contributed by atoms with Crippen molar-refractivity contribution in [1.29, 1.82) is 0 Å². The molecule has 1 heteroatoms. The van der Waals surface area contributed by atoms with E-state index >= 15 is 0 Å². The lowest BCUT2D eigenvalue weighted by molar-refractivity contribution is 1.18. The lowest BCUT2D eigenvalue weighted by Gasteiger charge is -2.14. The molecule has 0 saturated carbocycles. The Morgan fingerprint density at radius 3 is 1.37 bits per heavy atom. The van der Waals surface area contributed by atoms with Crippen LogP contribution in [-0.2, 0) is 0 Å². The van der Waals surface area contributed by atoms with E-state index in [1.807, 2.05) is 0 Å². The van der Waals surface area contributed by atoms with Crippen LogP contribution in [0.2, 0.25) is 0 Å². The summed E-state index contributed by atoms with van der Waals surface area (Å²) in [5.41, 5.74) is 10.9. The molecular formula is C48H31N. The van der Waals surface area contributed by atoms with Gasteiger partial charge in [-0.3, -0.25) is 0 Å². The van der Waals surface area contributed by atoms with Gasteiger partial charge >= 0.3 is 0 Å². The predicted molar refractivity (Wildman–Crippen MR) is 210 cm³/mol. The van der Waals surface area contributed by atoms with Crippen molar-refractivity contribution in [3.63, 3.8) is 0 Å². The van der Waals surface area contributed by atoms with Gasteiger partial charge in [-0.1, -0.05) is 146 Å². The Hall–Kier alpha value is -6.44. The minimum Gasteiger partial charge on any atom is -0.309 e. The SMILES string of the molecule is c1ccc(-c2cc(-c3ccccc3)c3c(c2)c2cc(-c4ccc5c6ccccc6c6ccccc6c5c4)ccc2n3-c2ccccc2)cc1. The smallest absolute Gasteiger partial charge is 0.0619 e. The molecule has 1 nitrogen and oxygen atoms in total. The minimum absolute atomic E-state index is 1.16. The molecule has 0 radical (unpaired) electrons. The second-order valence-electron chi connectivity index (χ2n) is 12.9. The molecule has 0 fully saturated rings. The number of rotatable bonds is 4. The summed E-state index contributed by atoms with van der Waals surface area (Å²) < 4.78 is 2.45. The van der Waals surface area contributed by atoms with E-state index in [0.717, 1.165) is 5.69 Å². The van der Waals surface area contributed by atoms with Crippen molar-refractivity contribution in [2.45, 2.75) is 0 Å². The van der Waals surface area contributed by atoms with Crippen molar-refractivity contribution >= 4 is 54.1 Å². The Balaban J connectivity index is 1.29. The molecule has 1 aromatic heterocycles. The van der Waals surface area contributed by atoms with E-state index < -0.39 is 0 Å². The van der Waals surface area contributed by atoms with Crippen molar-refractivity contribution in [1.82, 2.24) is 4.57 Å². The van der Waals surface area contributed by atoms with Gasteiger partial charge in [0.05, 0.1) is 11.0 Å². The fraction of sp³-hybridized carbons (Fsp3) is 0. The summed E-state index contributed by atoms with van der Waals surface area (Å²) in [6, 6.07) is 68.7. The van der Waals surface area contributed by atoms with Crippen LogP contribution < -0.4 is 0 Å². The molecule has 49 heavy (non-hydrogen) atoms. The molecule has 0 amide bonds. The summed E-state index contributed by atoms with van der Waals surface area (Å²) in [5, 5.41) is 10.3. The fourth-order valence-electron chi connectivity index (χ4n) is 7.89. The third kappa shape index (κ3) is 4.40. The van der Waals surface area contributed by atoms with Crippen LogP contribution in [0.15, 0.2) is 188 Å². The molecule has 9 aromatic carbocycles. The summed E-state index contributed by atoms with van der Waals surface area (Å²) in [5.74, 6) is 0. The van der Waals surface area contributed by atoms with Gasteiger partial charge < -0.3 is 4.57 Å². The number of hydrogen-bond acceptors (Lipinski definition) is 0. The van der Waals surface area contributed by atoms with E-state index in [-0.39, 0.29) is 0 Å². The third-order valence-electron chi connectivity index (χ3n) is 10.1. The van der Waals surface area contributed by atoms with E-state index in [1.54, 1.807) is 0 Å². The Morgan fingerprint density at radius 2 is 0.735 bits per heavy atom. The molecule has 10 rings (SSSR count). The van der Waals surface area contributed by atoms with Gasteiger partial charge in [0, 0.05) is 22.0 Å². The maximum absolute atomic E-state index is 2.45. The van der Waals surface area contributed by atoms with E-state index in [2.05, 4.69) is 193 Å². The van der Waals surface area contributed by atoms with Gasteiger partial charge in [-0.15, -0.1) is 0 Å². The number of nitrogens with zero attached hydrogens (tertiary/aromatic N) is 1. The highest BCUT2D eigenvalue weighted by atomic mass is 15.0. The van der Waals surface area contributed by atoms with Gasteiger partial charge in [-0.25, -0.2) is 0 Å². The number of aromatic nitrogens is 1. The summed E-state index contributed by atoms with van der Waals surface area (Å²) in [7, 11) is 0. The first kappa shape index (κ1) is 27.7. The van der Waals surface area contributed by atoms with Crippen LogP contribution in [0.25, 0.3) is 93.2 Å². The molecule has 10 aromatic rings. The first-order valence-electron chi connectivity index (χ1n) is 16.9. The molecule has 0 saturated heterocycles. The molecular weight excluding hydrogens is 591 g/mol. The first-order chi connectivity index (χ1) is 24.3. The quantitative estimate of drug-likeness (QED) is 0.172. The Labute approximate surface area is 284 Å². The van der Waals surface area contributed by atoms with E-state index in [4.69, 9.17) is 0 Å². The Kier molecular flexibility index (Phi) is 6.25. The van der Waals surface area contributed by atoms with Crippen molar-refractivity contribution in [2.24, 2.45) is 0 Å². The summed E-state index contributed by atoms with van der Waals surface area (Å²) >= 11 is 0. The monoisotopic (exact) mass is 621 g/mol. The molecule has 0 bridgehead atoms. The van der Waals surface area contributed by atoms with Crippen molar-refractivity contribution in [3.05, 3.63) is 188 Å². The molecule has 0 aliphatic carbocycles. The van der Waals surface area contributed by atoms with Gasteiger partial charge in [-0.2, -0.15) is 0 Å². The first-order valence-corrected chi connectivity index (χ1v) is 16.9. The maximum Gasteiger partial charge on any atom is 0.0619 e. The van der Waals surface area contributed by atoms with Crippen LogP contribution >= 0.6 is 0 Å².